The standard InChI is InChI=1S/C22H26N4O2/c1-15(2)14-26-20-10-9-19(11-17(20)13-24-26)28-21-6-4-3-5-16(21)12-23-22(27)25-18-7-8-18/h3-6,9-11,13,15,18H,7-8,12,14H2,1-2H3,(H2,23,25,27). The molecule has 28 heavy (non-hydrogen) atoms. The second kappa shape index (κ2) is 7.92. The van der Waals surface area contributed by atoms with E-state index in [1.807, 2.05) is 53.3 Å². The smallest absolute Gasteiger partial charge is 0.315 e. The molecule has 3 aromatic rings. The van der Waals surface area contributed by atoms with Gasteiger partial charge in [0, 0.05) is 30.1 Å². The molecule has 0 unspecified atom stereocenters. The molecule has 4 rings (SSSR count). The van der Waals surface area contributed by atoms with Crippen molar-refractivity contribution in [2.45, 2.75) is 45.8 Å². The maximum atomic E-state index is 11.9. The first kappa shape index (κ1) is 18.3. The number of para-hydroxylation sites is 1. The van der Waals surface area contributed by atoms with Crippen molar-refractivity contribution in [2.75, 3.05) is 0 Å². The summed E-state index contributed by atoms with van der Waals surface area (Å²) in [6, 6.07) is 14.0. The van der Waals surface area contributed by atoms with Crippen LogP contribution >= 0.6 is 0 Å². The molecule has 0 bridgehead atoms. The van der Waals surface area contributed by atoms with Gasteiger partial charge in [-0.15, -0.1) is 0 Å². The number of nitrogens with zero attached hydrogens (tertiary/aromatic N) is 2. The molecule has 6 heteroatoms. The molecule has 0 radical (unpaired) electrons. The second-order valence-corrected chi connectivity index (χ2v) is 7.75. The van der Waals surface area contributed by atoms with Crippen LogP contribution in [0.4, 0.5) is 4.79 Å². The van der Waals surface area contributed by atoms with Crippen molar-refractivity contribution in [1.29, 1.82) is 0 Å². The average Bonchev–Trinajstić information content (AvgIpc) is 3.40. The van der Waals surface area contributed by atoms with Crippen LogP contribution in [0.1, 0.15) is 32.3 Å². The van der Waals surface area contributed by atoms with E-state index in [-0.39, 0.29) is 6.03 Å². The molecule has 1 heterocycles. The first-order valence-electron chi connectivity index (χ1n) is 9.84. The van der Waals surface area contributed by atoms with E-state index in [4.69, 9.17) is 4.74 Å². The molecule has 6 nitrogen and oxygen atoms in total. The van der Waals surface area contributed by atoms with Gasteiger partial charge in [0.1, 0.15) is 11.5 Å². The van der Waals surface area contributed by atoms with E-state index in [0.717, 1.165) is 47.4 Å². The van der Waals surface area contributed by atoms with E-state index in [0.29, 0.717) is 18.5 Å². The Morgan fingerprint density at radius 3 is 2.86 bits per heavy atom. The predicted octanol–water partition coefficient (Wildman–Crippen LogP) is 4.45. The monoisotopic (exact) mass is 378 g/mol. The number of carbonyl (C=O) groups excluding carboxylic acids is 1. The molecule has 2 amide bonds. The maximum Gasteiger partial charge on any atom is 0.315 e. The highest BCUT2D eigenvalue weighted by atomic mass is 16.5. The minimum atomic E-state index is -0.128. The number of aromatic nitrogens is 2. The fourth-order valence-corrected chi connectivity index (χ4v) is 3.14. The van der Waals surface area contributed by atoms with Crippen molar-refractivity contribution in [1.82, 2.24) is 20.4 Å². The van der Waals surface area contributed by atoms with Gasteiger partial charge in [0.2, 0.25) is 0 Å². The van der Waals surface area contributed by atoms with Crippen LogP contribution in [0, 0.1) is 5.92 Å². The van der Waals surface area contributed by atoms with Gasteiger partial charge in [-0.05, 0) is 43.0 Å². The topological polar surface area (TPSA) is 68.2 Å². The molecule has 0 saturated heterocycles. The van der Waals surface area contributed by atoms with Crippen molar-refractivity contribution in [3.63, 3.8) is 0 Å². The normalized spacial score (nSPS) is 13.7. The molecule has 2 aromatic carbocycles. The lowest BCUT2D eigenvalue weighted by Gasteiger charge is -2.13. The first-order chi connectivity index (χ1) is 13.6. The summed E-state index contributed by atoms with van der Waals surface area (Å²) in [5, 5.41) is 11.4. The number of amides is 2. The van der Waals surface area contributed by atoms with Gasteiger partial charge in [0.15, 0.2) is 0 Å². The fraction of sp³-hybridized carbons (Fsp3) is 0.364. The number of fused-ring (bicyclic) bond motifs is 1. The number of carbonyl (C=O) groups is 1. The minimum absolute atomic E-state index is 0.128. The van der Waals surface area contributed by atoms with Gasteiger partial charge in [0.25, 0.3) is 0 Å². The highest BCUT2D eigenvalue weighted by Crippen LogP contribution is 2.28. The number of ether oxygens (including phenoxy) is 1. The van der Waals surface area contributed by atoms with Gasteiger partial charge < -0.3 is 15.4 Å². The van der Waals surface area contributed by atoms with Crippen LogP contribution in [0.15, 0.2) is 48.7 Å². The molecule has 1 aliphatic rings. The molecule has 0 atom stereocenters. The van der Waals surface area contributed by atoms with Crippen LogP contribution in [-0.4, -0.2) is 21.9 Å². The quantitative estimate of drug-likeness (QED) is 0.638. The number of nitrogens with one attached hydrogen (secondary N) is 2. The molecule has 146 valence electrons. The molecule has 1 saturated carbocycles. The zero-order valence-corrected chi connectivity index (χ0v) is 16.3. The SMILES string of the molecule is CC(C)Cn1ncc2cc(Oc3ccccc3CNC(=O)NC3CC3)ccc21. The number of hydrogen-bond donors (Lipinski definition) is 2. The summed E-state index contributed by atoms with van der Waals surface area (Å²) in [5.41, 5.74) is 2.04. The third kappa shape index (κ3) is 4.44. The molecule has 1 fully saturated rings. The lowest BCUT2D eigenvalue weighted by atomic mass is 10.2. The lowest BCUT2D eigenvalue weighted by molar-refractivity contribution is 0.240. The van der Waals surface area contributed by atoms with Crippen molar-refractivity contribution in [3.8, 4) is 11.5 Å². The van der Waals surface area contributed by atoms with Gasteiger partial charge in [-0.1, -0.05) is 32.0 Å². The second-order valence-electron chi connectivity index (χ2n) is 7.75. The Bertz CT molecular complexity index is 976. The third-order valence-corrected chi connectivity index (χ3v) is 4.70. The highest BCUT2D eigenvalue weighted by Gasteiger charge is 2.23. The maximum absolute atomic E-state index is 11.9. The summed E-state index contributed by atoms with van der Waals surface area (Å²) < 4.78 is 8.15. The minimum Gasteiger partial charge on any atom is -0.457 e. The van der Waals surface area contributed by atoms with Crippen LogP contribution in [0.25, 0.3) is 10.9 Å². The van der Waals surface area contributed by atoms with Gasteiger partial charge in [-0.2, -0.15) is 5.10 Å². The van der Waals surface area contributed by atoms with E-state index in [2.05, 4.69) is 29.6 Å². The zero-order valence-electron chi connectivity index (χ0n) is 16.3. The summed E-state index contributed by atoms with van der Waals surface area (Å²) in [6.45, 7) is 5.67. The van der Waals surface area contributed by atoms with Crippen molar-refractivity contribution in [2.24, 2.45) is 5.92 Å². The predicted molar refractivity (Wildman–Crippen MR) is 109 cm³/mol. The van der Waals surface area contributed by atoms with E-state index in [1.54, 1.807) is 0 Å². The molecule has 0 spiro atoms. The summed E-state index contributed by atoms with van der Waals surface area (Å²) in [4.78, 5) is 11.9. The van der Waals surface area contributed by atoms with Crippen LogP contribution in [0.3, 0.4) is 0 Å². The molecule has 0 aliphatic heterocycles. The van der Waals surface area contributed by atoms with E-state index < -0.39 is 0 Å². The average molecular weight is 378 g/mol. The number of hydrogen-bond acceptors (Lipinski definition) is 3. The number of rotatable bonds is 7. The van der Waals surface area contributed by atoms with Crippen LogP contribution in [0.2, 0.25) is 0 Å². The van der Waals surface area contributed by atoms with Gasteiger partial charge in [-0.3, -0.25) is 4.68 Å². The Morgan fingerprint density at radius 2 is 2.07 bits per heavy atom. The largest absolute Gasteiger partial charge is 0.457 e. The zero-order chi connectivity index (χ0) is 19.5. The molecule has 1 aliphatic carbocycles. The van der Waals surface area contributed by atoms with E-state index >= 15 is 0 Å². The molecular weight excluding hydrogens is 352 g/mol. The summed E-state index contributed by atoms with van der Waals surface area (Å²) in [7, 11) is 0. The van der Waals surface area contributed by atoms with E-state index in [1.165, 1.54) is 0 Å². The molecular formula is C22H26N4O2. The van der Waals surface area contributed by atoms with Gasteiger partial charge >= 0.3 is 6.03 Å². The summed E-state index contributed by atoms with van der Waals surface area (Å²) in [5.74, 6) is 2.03. The Balaban J connectivity index is 1.47. The van der Waals surface area contributed by atoms with E-state index in [9.17, 15) is 4.79 Å². The Hall–Kier alpha value is -3.02. The van der Waals surface area contributed by atoms with Crippen LogP contribution < -0.4 is 15.4 Å². The number of urea groups is 1. The Kier molecular flexibility index (Phi) is 5.19. The van der Waals surface area contributed by atoms with Gasteiger partial charge in [0.05, 0.1) is 11.7 Å². The summed E-state index contributed by atoms with van der Waals surface area (Å²) >= 11 is 0. The number of benzene rings is 2. The van der Waals surface area contributed by atoms with Crippen LogP contribution in [-0.2, 0) is 13.1 Å². The Morgan fingerprint density at radius 1 is 1.25 bits per heavy atom. The molecule has 2 N–H and O–H groups in total. The highest BCUT2D eigenvalue weighted by molar-refractivity contribution is 5.80. The Labute approximate surface area is 164 Å². The van der Waals surface area contributed by atoms with Crippen molar-refractivity contribution in [3.05, 3.63) is 54.2 Å². The fourth-order valence-electron chi connectivity index (χ4n) is 3.14. The molecule has 1 aromatic heterocycles. The van der Waals surface area contributed by atoms with Crippen molar-refractivity contribution >= 4 is 16.9 Å². The van der Waals surface area contributed by atoms with Gasteiger partial charge in [-0.25, -0.2) is 4.79 Å². The summed E-state index contributed by atoms with van der Waals surface area (Å²) in [6.07, 6.45) is 4.02. The lowest BCUT2D eigenvalue weighted by Crippen LogP contribution is -2.36. The third-order valence-electron chi connectivity index (χ3n) is 4.70. The van der Waals surface area contributed by atoms with Crippen molar-refractivity contribution < 1.29 is 9.53 Å². The van der Waals surface area contributed by atoms with Crippen LogP contribution in [0.5, 0.6) is 11.5 Å². The first-order valence-corrected chi connectivity index (χ1v) is 9.84.